The van der Waals surface area contributed by atoms with Crippen LogP contribution in [-0.2, 0) is 0 Å². The highest BCUT2D eigenvalue weighted by atomic mass is 32.1. The number of carbonyl (C=O) groups excluding carboxylic acids is 1. The predicted octanol–water partition coefficient (Wildman–Crippen LogP) is 5.32. The molecule has 1 amide bonds. The lowest BCUT2D eigenvalue weighted by molar-refractivity contribution is 0.102. The van der Waals surface area contributed by atoms with Crippen LogP contribution in [0.5, 0.6) is 11.5 Å². The second kappa shape index (κ2) is 10.4. The van der Waals surface area contributed by atoms with E-state index in [1.54, 1.807) is 30.5 Å². The molecule has 3 N–H and O–H groups in total. The van der Waals surface area contributed by atoms with Gasteiger partial charge in [-0.2, -0.15) is 0 Å². The van der Waals surface area contributed by atoms with Crippen molar-refractivity contribution >= 4 is 58.2 Å². The Morgan fingerprint density at radius 1 is 1.19 bits per heavy atom. The third kappa shape index (κ3) is 5.00. The topological polar surface area (TPSA) is 106 Å². The zero-order chi connectivity index (χ0) is 25.2. The third-order valence-electron chi connectivity index (χ3n) is 6.24. The van der Waals surface area contributed by atoms with Gasteiger partial charge in [0.15, 0.2) is 16.6 Å². The standard InChI is InChI=1S/C26H26N7O2PS/c1-36-33-24-22(23(32-33)29-17-5-4-13-27-15-17)20(12-14-28-24)35-18-10-8-16(9-11-18)25(34)31-26-30-19-6-2-3-7-21(19)37-26/h2-3,6-12,14,17,27,36H,4-5,13,15H2,1H3,(H,29,32)(H,30,31,34)/t17-/m1/s1. The molecule has 4 heterocycles. The van der Waals surface area contributed by atoms with Gasteiger partial charge >= 0.3 is 0 Å². The molecule has 5 aromatic rings. The molecule has 0 bridgehead atoms. The number of thiazole rings is 1. The minimum atomic E-state index is -0.213. The first-order valence-electron chi connectivity index (χ1n) is 12.2. The fourth-order valence-corrected chi connectivity index (χ4v) is 5.86. The van der Waals surface area contributed by atoms with E-state index in [9.17, 15) is 4.79 Å². The van der Waals surface area contributed by atoms with E-state index in [0.717, 1.165) is 53.0 Å². The van der Waals surface area contributed by atoms with Crippen LogP contribution in [0.3, 0.4) is 0 Å². The average molecular weight is 532 g/mol. The van der Waals surface area contributed by atoms with Crippen LogP contribution >= 0.6 is 20.1 Å². The largest absolute Gasteiger partial charge is 0.456 e. The van der Waals surface area contributed by atoms with Crippen molar-refractivity contribution in [2.75, 3.05) is 30.4 Å². The van der Waals surface area contributed by atoms with Crippen molar-refractivity contribution in [2.45, 2.75) is 18.9 Å². The van der Waals surface area contributed by atoms with Crippen LogP contribution in [0.1, 0.15) is 23.2 Å². The number of nitrogens with one attached hydrogen (secondary N) is 3. The highest BCUT2D eigenvalue weighted by molar-refractivity contribution is 7.35. The summed E-state index contributed by atoms with van der Waals surface area (Å²) < 4.78 is 9.23. The van der Waals surface area contributed by atoms with Gasteiger partial charge in [-0.1, -0.05) is 23.5 Å². The lowest BCUT2D eigenvalue weighted by Crippen LogP contribution is -2.38. The molecule has 3 aromatic heterocycles. The molecular formula is C26H26N7O2PS. The van der Waals surface area contributed by atoms with E-state index in [1.165, 1.54) is 11.3 Å². The Kier molecular flexibility index (Phi) is 6.70. The Bertz CT molecular complexity index is 1530. The van der Waals surface area contributed by atoms with Crippen LogP contribution in [0.2, 0.25) is 0 Å². The Morgan fingerprint density at radius 3 is 2.84 bits per heavy atom. The number of carbonyl (C=O) groups is 1. The summed E-state index contributed by atoms with van der Waals surface area (Å²) in [5.74, 6) is 1.87. The van der Waals surface area contributed by atoms with Gasteiger partial charge in [-0.05, 0) is 62.4 Å². The first-order chi connectivity index (χ1) is 18.2. The Balaban J connectivity index is 1.22. The van der Waals surface area contributed by atoms with E-state index in [-0.39, 0.29) is 5.91 Å². The molecule has 1 fully saturated rings. The van der Waals surface area contributed by atoms with Crippen molar-refractivity contribution in [3.63, 3.8) is 0 Å². The van der Waals surface area contributed by atoms with E-state index in [2.05, 4.69) is 32.6 Å². The summed E-state index contributed by atoms with van der Waals surface area (Å²) in [5, 5.41) is 16.1. The van der Waals surface area contributed by atoms with Crippen LogP contribution in [0.4, 0.5) is 10.9 Å². The first-order valence-corrected chi connectivity index (χ1v) is 14.4. The third-order valence-corrected chi connectivity index (χ3v) is 7.93. The molecule has 1 aliphatic rings. The molecule has 9 nitrogen and oxygen atoms in total. The number of hydrogen-bond acceptors (Lipinski definition) is 8. The smallest absolute Gasteiger partial charge is 0.257 e. The average Bonchev–Trinajstić information content (AvgIpc) is 3.50. The lowest BCUT2D eigenvalue weighted by Gasteiger charge is -2.23. The van der Waals surface area contributed by atoms with Crippen molar-refractivity contribution in [1.29, 1.82) is 0 Å². The van der Waals surface area contributed by atoms with E-state index in [1.807, 2.05) is 34.8 Å². The highest BCUT2D eigenvalue weighted by Crippen LogP contribution is 2.36. The minimum absolute atomic E-state index is 0.213. The molecule has 0 spiro atoms. The first kappa shape index (κ1) is 23.8. The molecule has 1 unspecified atom stereocenters. The molecule has 1 aliphatic heterocycles. The number of piperidine rings is 1. The summed E-state index contributed by atoms with van der Waals surface area (Å²) >= 11 is 1.45. The zero-order valence-electron chi connectivity index (χ0n) is 20.2. The van der Waals surface area contributed by atoms with Crippen molar-refractivity contribution in [1.82, 2.24) is 24.8 Å². The number of anilines is 2. The highest BCUT2D eigenvalue weighted by Gasteiger charge is 2.21. The van der Waals surface area contributed by atoms with E-state index in [0.29, 0.717) is 37.0 Å². The monoisotopic (exact) mass is 531 g/mol. The van der Waals surface area contributed by atoms with Crippen LogP contribution in [0, 0.1) is 0 Å². The number of ether oxygens (including phenoxy) is 1. The molecule has 188 valence electrons. The summed E-state index contributed by atoms with van der Waals surface area (Å²) in [6.45, 7) is 4.03. The normalized spacial score (nSPS) is 16.0. The fourth-order valence-electron chi connectivity index (χ4n) is 4.42. The number of aromatic nitrogens is 4. The number of rotatable bonds is 7. The maximum absolute atomic E-state index is 12.8. The maximum atomic E-state index is 12.8. The summed E-state index contributed by atoms with van der Waals surface area (Å²) in [6.07, 6.45) is 3.96. The van der Waals surface area contributed by atoms with E-state index >= 15 is 0 Å². The molecule has 6 rings (SSSR count). The van der Waals surface area contributed by atoms with Crippen LogP contribution in [0.15, 0.2) is 60.8 Å². The van der Waals surface area contributed by atoms with E-state index in [4.69, 9.17) is 9.84 Å². The zero-order valence-corrected chi connectivity index (χ0v) is 22.0. The molecule has 2 aromatic carbocycles. The van der Waals surface area contributed by atoms with Crippen molar-refractivity contribution in [2.24, 2.45) is 0 Å². The van der Waals surface area contributed by atoms with Gasteiger partial charge in [0.05, 0.1) is 10.2 Å². The van der Waals surface area contributed by atoms with Gasteiger partial charge in [0.2, 0.25) is 0 Å². The molecular weight excluding hydrogens is 505 g/mol. The van der Waals surface area contributed by atoms with E-state index < -0.39 is 0 Å². The maximum Gasteiger partial charge on any atom is 0.257 e. The predicted molar refractivity (Wildman–Crippen MR) is 151 cm³/mol. The quantitative estimate of drug-likeness (QED) is 0.244. The van der Waals surface area contributed by atoms with Crippen LogP contribution < -0.4 is 20.7 Å². The minimum Gasteiger partial charge on any atom is -0.456 e. The number of para-hydroxylation sites is 1. The second-order valence-corrected chi connectivity index (χ2v) is 10.6. The van der Waals surface area contributed by atoms with Crippen molar-refractivity contribution in [3.8, 4) is 11.5 Å². The summed E-state index contributed by atoms with van der Waals surface area (Å²) in [5.41, 5.74) is 2.19. The number of hydrogen-bond donors (Lipinski definition) is 3. The molecule has 0 aliphatic carbocycles. The molecule has 37 heavy (non-hydrogen) atoms. The fraction of sp³-hybridized carbons (Fsp3) is 0.231. The summed E-state index contributed by atoms with van der Waals surface area (Å²) in [4.78, 5) is 21.8. The van der Waals surface area contributed by atoms with Crippen molar-refractivity contribution < 1.29 is 9.53 Å². The molecule has 2 atom stereocenters. The number of fused-ring (bicyclic) bond motifs is 2. The Morgan fingerprint density at radius 2 is 2.05 bits per heavy atom. The summed E-state index contributed by atoms with van der Waals surface area (Å²) in [7, 11) is 0.444. The van der Waals surface area contributed by atoms with Gasteiger partial charge in [-0.25, -0.2) is 14.4 Å². The van der Waals surface area contributed by atoms with Gasteiger partial charge in [-0.3, -0.25) is 10.1 Å². The second-order valence-electron chi connectivity index (χ2n) is 8.75. The number of amides is 1. The Hall–Kier alpha value is -3.59. The van der Waals surface area contributed by atoms with Crippen molar-refractivity contribution in [3.05, 3.63) is 66.4 Å². The molecule has 0 saturated carbocycles. The van der Waals surface area contributed by atoms with Gasteiger partial charge in [0.1, 0.15) is 16.9 Å². The van der Waals surface area contributed by atoms with Gasteiger partial charge in [0.25, 0.3) is 5.91 Å². The molecule has 11 heteroatoms. The number of benzene rings is 2. The molecule has 1 saturated heterocycles. The SMILES string of the molecule is CPn1nc(N[C@@H]2CCCNC2)c2c(Oc3ccc(C(=O)Nc4nc5ccccc5s4)cc3)ccnc21. The van der Waals surface area contributed by atoms with Crippen LogP contribution in [0.25, 0.3) is 21.3 Å². The van der Waals surface area contributed by atoms with Gasteiger partial charge in [-0.15, -0.1) is 5.10 Å². The van der Waals surface area contributed by atoms with Crippen LogP contribution in [-0.4, -0.2) is 51.2 Å². The Labute approximate surface area is 219 Å². The van der Waals surface area contributed by atoms with Gasteiger partial charge in [0, 0.05) is 39.1 Å². The number of pyridine rings is 1. The van der Waals surface area contributed by atoms with Gasteiger partial charge < -0.3 is 15.4 Å². The lowest BCUT2D eigenvalue weighted by atomic mass is 10.1. The number of nitrogens with zero attached hydrogens (tertiary/aromatic N) is 4. The molecule has 0 radical (unpaired) electrons. The summed E-state index contributed by atoms with van der Waals surface area (Å²) in [6, 6.07) is 17.1.